The standard InChI is InChI=1S/C25H20Cl2N2O3/c1-31-18-7-2-15(3-8-18)24-23-20(21-14-17(27)6-11-22(21)28-23)12-13-29(24)25(30)32-19-9-4-16(26)5-10-19/h2-11,14,24,28H,12-13H2,1H3/t24-/m0/s1. The third kappa shape index (κ3) is 3.78. The van der Waals surface area contributed by atoms with Crippen LogP contribution in [0.4, 0.5) is 4.79 Å². The maximum absolute atomic E-state index is 13.2. The molecular formula is C25H20Cl2N2O3. The molecule has 0 saturated heterocycles. The predicted octanol–water partition coefficient (Wildman–Crippen LogP) is 6.63. The van der Waals surface area contributed by atoms with Gasteiger partial charge in [0.25, 0.3) is 0 Å². The van der Waals surface area contributed by atoms with Gasteiger partial charge < -0.3 is 14.5 Å². The Balaban J connectivity index is 1.57. The highest BCUT2D eigenvalue weighted by molar-refractivity contribution is 6.31. The highest BCUT2D eigenvalue weighted by atomic mass is 35.5. The van der Waals surface area contributed by atoms with Crippen molar-refractivity contribution in [1.82, 2.24) is 9.88 Å². The van der Waals surface area contributed by atoms with Crippen molar-refractivity contribution in [2.45, 2.75) is 12.5 Å². The molecule has 0 bridgehead atoms. The minimum absolute atomic E-state index is 0.337. The number of rotatable bonds is 3. The molecule has 4 aromatic rings. The number of fused-ring (bicyclic) bond motifs is 3. The number of H-pyrrole nitrogens is 1. The highest BCUT2D eigenvalue weighted by Gasteiger charge is 2.35. The predicted molar refractivity (Wildman–Crippen MR) is 126 cm³/mol. The first-order valence-corrected chi connectivity index (χ1v) is 11.0. The highest BCUT2D eigenvalue weighted by Crippen LogP contribution is 2.40. The minimum Gasteiger partial charge on any atom is -0.497 e. The van der Waals surface area contributed by atoms with E-state index in [0.29, 0.717) is 28.8 Å². The van der Waals surface area contributed by atoms with Gasteiger partial charge in [0.1, 0.15) is 17.5 Å². The second-order valence-electron chi connectivity index (χ2n) is 7.65. The van der Waals surface area contributed by atoms with E-state index in [-0.39, 0.29) is 6.04 Å². The first-order chi connectivity index (χ1) is 15.5. The second kappa shape index (κ2) is 8.41. The summed E-state index contributed by atoms with van der Waals surface area (Å²) in [6.07, 6.45) is 0.272. The smallest absolute Gasteiger partial charge is 0.416 e. The van der Waals surface area contributed by atoms with E-state index in [1.165, 1.54) is 5.56 Å². The van der Waals surface area contributed by atoms with E-state index in [9.17, 15) is 4.79 Å². The van der Waals surface area contributed by atoms with Gasteiger partial charge in [-0.2, -0.15) is 0 Å². The van der Waals surface area contributed by atoms with Crippen LogP contribution in [-0.2, 0) is 6.42 Å². The molecule has 1 aliphatic heterocycles. The molecule has 0 saturated carbocycles. The molecule has 1 amide bonds. The number of carbonyl (C=O) groups excluding carboxylic acids is 1. The lowest BCUT2D eigenvalue weighted by atomic mass is 9.92. The number of aromatic nitrogens is 1. The third-order valence-corrected chi connectivity index (χ3v) is 6.26. The van der Waals surface area contributed by atoms with Gasteiger partial charge in [0.15, 0.2) is 0 Å². The number of nitrogens with zero attached hydrogens (tertiary/aromatic N) is 1. The molecule has 0 unspecified atom stereocenters. The van der Waals surface area contributed by atoms with Crippen molar-refractivity contribution >= 4 is 40.2 Å². The molecule has 0 fully saturated rings. The maximum Gasteiger partial charge on any atom is 0.416 e. The summed E-state index contributed by atoms with van der Waals surface area (Å²) in [6.45, 7) is 0.510. The molecule has 5 nitrogen and oxygen atoms in total. The van der Waals surface area contributed by atoms with Crippen LogP contribution in [0.15, 0.2) is 66.7 Å². The lowest BCUT2D eigenvalue weighted by molar-refractivity contribution is 0.135. The molecule has 5 rings (SSSR count). The molecular weight excluding hydrogens is 447 g/mol. The SMILES string of the molecule is COc1ccc([C@H]2c3[nH]c4ccc(Cl)cc4c3CCN2C(=O)Oc2ccc(Cl)cc2)cc1. The molecule has 0 spiro atoms. The molecule has 1 atom stereocenters. The van der Waals surface area contributed by atoms with Crippen LogP contribution >= 0.6 is 23.2 Å². The average molecular weight is 467 g/mol. The third-order valence-electron chi connectivity index (χ3n) is 5.77. The number of ether oxygens (including phenoxy) is 2. The maximum atomic E-state index is 13.2. The van der Waals surface area contributed by atoms with Crippen LogP contribution in [0.5, 0.6) is 11.5 Å². The lowest BCUT2D eigenvalue weighted by Crippen LogP contribution is -2.42. The quantitative estimate of drug-likeness (QED) is 0.368. The Hall–Kier alpha value is -3.15. The Labute approximate surface area is 195 Å². The van der Waals surface area contributed by atoms with Crippen molar-refractivity contribution in [2.24, 2.45) is 0 Å². The van der Waals surface area contributed by atoms with Crippen molar-refractivity contribution in [2.75, 3.05) is 13.7 Å². The number of benzene rings is 3. The molecule has 0 radical (unpaired) electrons. The normalized spacial score (nSPS) is 15.5. The fourth-order valence-electron chi connectivity index (χ4n) is 4.25. The number of hydrogen-bond donors (Lipinski definition) is 1. The van der Waals surface area contributed by atoms with Gasteiger partial charge in [-0.25, -0.2) is 4.79 Å². The zero-order valence-corrected chi connectivity index (χ0v) is 18.8. The Kier molecular flexibility index (Phi) is 5.45. The number of nitrogens with one attached hydrogen (secondary N) is 1. The summed E-state index contributed by atoms with van der Waals surface area (Å²) in [7, 11) is 1.63. The van der Waals surface area contributed by atoms with Crippen LogP contribution in [0.25, 0.3) is 10.9 Å². The van der Waals surface area contributed by atoms with Gasteiger partial charge in [-0.1, -0.05) is 35.3 Å². The minimum atomic E-state index is -0.421. The number of halogens is 2. The van der Waals surface area contributed by atoms with E-state index in [1.807, 2.05) is 42.5 Å². The van der Waals surface area contributed by atoms with Crippen molar-refractivity contribution in [1.29, 1.82) is 0 Å². The molecule has 3 aromatic carbocycles. The molecule has 7 heteroatoms. The Bertz CT molecular complexity index is 1280. The Morgan fingerprint density at radius 2 is 1.66 bits per heavy atom. The summed E-state index contributed by atoms with van der Waals surface area (Å²) in [5.74, 6) is 1.20. The van der Waals surface area contributed by atoms with Crippen molar-refractivity contribution in [3.05, 3.63) is 93.6 Å². The zero-order valence-electron chi connectivity index (χ0n) is 17.3. The molecule has 1 aromatic heterocycles. The van der Waals surface area contributed by atoms with Crippen LogP contribution in [0.1, 0.15) is 22.9 Å². The van der Waals surface area contributed by atoms with Crippen molar-refractivity contribution in [3.8, 4) is 11.5 Å². The molecule has 32 heavy (non-hydrogen) atoms. The molecule has 1 aliphatic rings. The summed E-state index contributed by atoms with van der Waals surface area (Å²) in [6, 6.07) is 20.0. The Morgan fingerprint density at radius 1 is 0.969 bits per heavy atom. The van der Waals surface area contributed by atoms with Gasteiger partial charge in [0, 0.05) is 33.2 Å². The van der Waals surface area contributed by atoms with Gasteiger partial charge in [0.05, 0.1) is 7.11 Å². The van der Waals surface area contributed by atoms with E-state index >= 15 is 0 Å². The van der Waals surface area contributed by atoms with E-state index in [2.05, 4.69) is 4.98 Å². The summed E-state index contributed by atoms with van der Waals surface area (Å²) >= 11 is 12.2. The molecule has 0 aliphatic carbocycles. The van der Waals surface area contributed by atoms with Crippen LogP contribution in [0, 0.1) is 0 Å². The second-order valence-corrected chi connectivity index (χ2v) is 8.52. The summed E-state index contributed by atoms with van der Waals surface area (Å²) < 4.78 is 11.0. The van der Waals surface area contributed by atoms with Crippen molar-refractivity contribution < 1.29 is 14.3 Å². The fraction of sp³-hybridized carbons (Fsp3) is 0.160. The molecule has 162 valence electrons. The number of amides is 1. The van der Waals surface area contributed by atoms with E-state index in [4.69, 9.17) is 32.7 Å². The van der Waals surface area contributed by atoms with Crippen LogP contribution in [0.3, 0.4) is 0 Å². The van der Waals surface area contributed by atoms with E-state index in [0.717, 1.165) is 27.9 Å². The van der Waals surface area contributed by atoms with Crippen molar-refractivity contribution in [3.63, 3.8) is 0 Å². The van der Waals surface area contributed by atoms with Gasteiger partial charge in [0.2, 0.25) is 0 Å². The van der Waals surface area contributed by atoms with Crippen LogP contribution in [0.2, 0.25) is 10.0 Å². The number of hydrogen-bond acceptors (Lipinski definition) is 3. The van der Waals surface area contributed by atoms with E-state index < -0.39 is 6.09 Å². The topological polar surface area (TPSA) is 54.6 Å². The largest absolute Gasteiger partial charge is 0.497 e. The summed E-state index contributed by atoms with van der Waals surface area (Å²) in [5.41, 5.74) is 4.08. The van der Waals surface area contributed by atoms with Crippen LogP contribution in [-0.4, -0.2) is 29.6 Å². The monoisotopic (exact) mass is 466 g/mol. The Morgan fingerprint density at radius 3 is 2.38 bits per heavy atom. The number of carbonyl (C=O) groups is 1. The summed E-state index contributed by atoms with van der Waals surface area (Å²) in [5, 5.41) is 2.35. The number of methoxy groups -OCH3 is 1. The fourth-order valence-corrected chi connectivity index (χ4v) is 4.55. The molecule has 1 N–H and O–H groups in total. The first kappa shape index (κ1) is 20.7. The van der Waals surface area contributed by atoms with Gasteiger partial charge >= 0.3 is 6.09 Å². The number of aromatic amines is 1. The van der Waals surface area contributed by atoms with Gasteiger partial charge in [-0.05, 0) is 72.1 Å². The van der Waals surface area contributed by atoms with Gasteiger partial charge in [-0.3, -0.25) is 4.90 Å². The van der Waals surface area contributed by atoms with Gasteiger partial charge in [-0.15, -0.1) is 0 Å². The zero-order chi connectivity index (χ0) is 22.2. The average Bonchev–Trinajstić information content (AvgIpc) is 3.18. The summed E-state index contributed by atoms with van der Waals surface area (Å²) in [4.78, 5) is 18.5. The van der Waals surface area contributed by atoms with E-state index in [1.54, 1.807) is 36.3 Å². The molecule has 2 heterocycles. The first-order valence-electron chi connectivity index (χ1n) is 10.2. The van der Waals surface area contributed by atoms with Crippen LogP contribution < -0.4 is 9.47 Å². The lowest BCUT2D eigenvalue weighted by Gasteiger charge is -2.35.